The van der Waals surface area contributed by atoms with Gasteiger partial charge in [0.05, 0.1) is 12.7 Å². The monoisotopic (exact) mass is 516 g/mol. The van der Waals surface area contributed by atoms with E-state index in [-0.39, 0.29) is 25.6 Å². The van der Waals surface area contributed by atoms with Gasteiger partial charge in [0, 0.05) is 18.4 Å². The molecular formula is C30H32N2O6. The Kier molecular flexibility index (Phi) is 8.76. The summed E-state index contributed by atoms with van der Waals surface area (Å²) in [5.41, 5.74) is 5.39. The molecule has 3 aromatic carbocycles. The first-order valence-corrected chi connectivity index (χ1v) is 12.6. The van der Waals surface area contributed by atoms with Crippen LogP contribution in [0.1, 0.15) is 42.9 Å². The molecule has 0 radical (unpaired) electrons. The maximum absolute atomic E-state index is 12.5. The lowest BCUT2D eigenvalue weighted by atomic mass is 9.98. The van der Waals surface area contributed by atoms with Crippen molar-refractivity contribution < 1.29 is 29.0 Å². The number of carboxylic acid groups (broad SMARTS) is 1. The second-order valence-electron chi connectivity index (χ2n) is 9.46. The van der Waals surface area contributed by atoms with E-state index in [9.17, 15) is 19.5 Å². The summed E-state index contributed by atoms with van der Waals surface area (Å²) in [6, 6.07) is 23.7. The van der Waals surface area contributed by atoms with Crippen LogP contribution in [0.5, 0.6) is 0 Å². The molecule has 8 nitrogen and oxygen atoms in total. The molecule has 198 valence electrons. The lowest BCUT2D eigenvalue weighted by Gasteiger charge is -2.23. The Labute approximate surface area is 222 Å². The molecule has 0 heterocycles. The number of benzene rings is 3. The largest absolute Gasteiger partial charge is 0.480 e. The summed E-state index contributed by atoms with van der Waals surface area (Å²) < 4.78 is 11.2. The number of carboxylic acids is 1. The standard InChI is InChI=1S/C30H32N2O6/c1-19(16-27(33)32-28(29(34)35)20(2)37-17-21-10-4-3-5-11-21)31-30(36)38-18-26-24-14-8-6-12-22(24)23-13-7-9-15-25(23)26/h3-15,19-20,26,28H,16-18H2,1-2H3,(H,31,36)(H,32,33)(H,34,35)/t19-,20-,28+/m0/s1. The van der Waals surface area contributed by atoms with Crippen molar-refractivity contribution >= 4 is 18.0 Å². The quantitative estimate of drug-likeness (QED) is 0.346. The van der Waals surface area contributed by atoms with Gasteiger partial charge in [-0.3, -0.25) is 4.79 Å². The Hall–Kier alpha value is -4.17. The summed E-state index contributed by atoms with van der Waals surface area (Å²) in [6.45, 7) is 3.64. The molecule has 0 saturated heterocycles. The summed E-state index contributed by atoms with van der Waals surface area (Å²) in [5, 5.41) is 14.8. The van der Waals surface area contributed by atoms with E-state index < -0.39 is 36.2 Å². The fourth-order valence-corrected chi connectivity index (χ4v) is 4.68. The van der Waals surface area contributed by atoms with Gasteiger partial charge >= 0.3 is 12.1 Å². The average Bonchev–Trinajstić information content (AvgIpc) is 3.23. The number of carbonyl (C=O) groups is 3. The predicted octanol–water partition coefficient (Wildman–Crippen LogP) is 4.48. The lowest BCUT2D eigenvalue weighted by Crippen LogP contribution is -2.50. The highest BCUT2D eigenvalue weighted by molar-refractivity contribution is 5.84. The molecule has 38 heavy (non-hydrogen) atoms. The van der Waals surface area contributed by atoms with Crippen molar-refractivity contribution in [2.24, 2.45) is 0 Å². The summed E-state index contributed by atoms with van der Waals surface area (Å²) in [6.07, 6.45) is -1.51. The molecule has 0 unspecified atom stereocenters. The van der Waals surface area contributed by atoms with Crippen LogP contribution in [0.4, 0.5) is 4.79 Å². The Morgan fingerprint density at radius 1 is 0.842 bits per heavy atom. The third-order valence-corrected chi connectivity index (χ3v) is 6.61. The first-order valence-electron chi connectivity index (χ1n) is 12.6. The molecule has 1 aliphatic carbocycles. The number of fused-ring (bicyclic) bond motifs is 3. The average molecular weight is 517 g/mol. The summed E-state index contributed by atoms with van der Waals surface area (Å²) in [4.78, 5) is 36.8. The molecule has 3 N–H and O–H groups in total. The predicted molar refractivity (Wildman–Crippen MR) is 143 cm³/mol. The molecule has 0 aliphatic heterocycles. The number of aliphatic carboxylic acids is 1. The van der Waals surface area contributed by atoms with Crippen molar-refractivity contribution in [3.05, 3.63) is 95.6 Å². The van der Waals surface area contributed by atoms with Gasteiger partial charge in [-0.05, 0) is 41.7 Å². The van der Waals surface area contributed by atoms with Crippen LogP contribution >= 0.6 is 0 Å². The van der Waals surface area contributed by atoms with Gasteiger partial charge in [0.1, 0.15) is 6.61 Å². The van der Waals surface area contributed by atoms with Crippen molar-refractivity contribution in [3.63, 3.8) is 0 Å². The van der Waals surface area contributed by atoms with Crippen molar-refractivity contribution in [2.45, 2.75) is 51.0 Å². The molecule has 0 saturated carbocycles. The number of rotatable bonds is 11. The van der Waals surface area contributed by atoms with E-state index in [0.717, 1.165) is 27.8 Å². The van der Waals surface area contributed by atoms with E-state index in [1.807, 2.05) is 66.7 Å². The van der Waals surface area contributed by atoms with Crippen LogP contribution < -0.4 is 10.6 Å². The second kappa shape index (κ2) is 12.4. The van der Waals surface area contributed by atoms with E-state index in [1.165, 1.54) is 0 Å². The Balaban J connectivity index is 1.25. The number of ether oxygens (including phenoxy) is 2. The van der Waals surface area contributed by atoms with Gasteiger partial charge in [-0.25, -0.2) is 9.59 Å². The van der Waals surface area contributed by atoms with Crippen molar-refractivity contribution in [1.82, 2.24) is 10.6 Å². The minimum Gasteiger partial charge on any atom is -0.480 e. The van der Waals surface area contributed by atoms with Crippen molar-refractivity contribution in [1.29, 1.82) is 0 Å². The fraction of sp³-hybridized carbons (Fsp3) is 0.300. The molecular weight excluding hydrogens is 484 g/mol. The zero-order chi connectivity index (χ0) is 27.1. The first kappa shape index (κ1) is 26.9. The van der Waals surface area contributed by atoms with Crippen LogP contribution in [-0.2, 0) is 25.7 Å². The SMILES string of the molecule is C[C@H](OCc1ccccc1)[C@@H](NC(=O)C[C@H](C)NC(=O)OCC1c2ccccc2-c2ccccc21)C(=O)O. The molecule has 3 aromatic rings. The van der Waals surface area contributed by atoms with Crippen LogP contribution in [0.15, 0.2) is 78.9 Å². The zero-order valence-corrected chi connectivity index (χ0v) is 21.4. The van der Waals surface area contributed by atoms with E-state index in [2.05, 4.69) is 22.8 Å². The van der Waals surface area contributed by atoms with Gasteiger partial charge in [0.25, 0.3) is 0 Å². The minimum atomic E-state index is -1.23. The van der Waals surface area contributed by atoms with Crippen molar-refractivity contribution in [3.8, 4) is 11.1 Å². The number of nitrogens with one attached hydrogen (secondary N) is 2. The highest BCUT2D eigenvalue weighted by atomic mass is 16.5. The van der Waals surface area contributed by atoms with Crippen LogP contribution in [0.25, 0.3) is 11.1 Å². The highest BCUT2D eigenvalue weighted by Crippen LogP contribution is 2.44. The van der Waals surface area contributed by atoms with Gasteiger partial charge in [0.2, 0.25) is 5.91 Å². The number of amides is 2. The maximum Gasteiger partial charge on any atom is 0.407 e. The third kappa shape index (κ3) is 6.58. The molecule has 3 atom stereocenters. The highest BCUT2D eigenvalue weighted by Gasteiger charge is 2.30. The topological polar surface area (TPSA) is 114 Å². The van der Waals surface area contributed by atoms with Gasteiger partial charge < -0.3 is 25.2 Å². The van der Waals surface area contributed by atoms with Gasteiger partial charge in [0.15, 0.2) is 6.04 Å². The van der Waals surface area contributed by atoms with Gasteiger partial charge in [-0.15, -0.1) is 0 Å². The van der Waals surface area contributed by atoms with E-state index in [4.69, 9.17) is 9.47 Å². The van der Waals surface area contributed by atoms with Crippen LogP contribution in [0.3, 0.4) is 0 Å². The molecule has 0 spiro atoms. The number of hydrogen-bond acceptors (Lipinski definition) is 5. The van der Waals surface area contributed by atoms with Gasteiger partial charge in [-0.2, -0.15) is 0 Å². The summed E-state index contributed by atoms with van der Waals surface area (Å²) in [7, 11) is 0. The Morgan fingerprint density at radius 3 is 2.03 bits per heavy atom. The van der Waals surface area contributed by atoms with Gasteiger partial charge in [-0.1, -0.05) is 78.9 Å². The Bertz CT molecular complexity index is 1230. The lowest BCUT2D eigenvalue weighted by molar-refractivity contribution is -0.146. The summed E-state index contributed by atoms with van der Waals surface area (Å²) >= 11 is 0. The molecule has 0 bridgehead atoms. The minimum absolute atomic E-state index is 0.0690. The Morgan fingerprint density at radius 2 is 1.42 bits per heavy atom. The van der Waals surface area contributed by atoms with Crippen LogP contribution in [0.2, 0.25) is 0 Å². The zero-order valence-electron chi connectivity index (χ0n) is 21.4. The molecule has 1 aliphatic rings. The number of carbonyl (C=O) groups excluding carboxylic acids is 2. The third-order valence-electron chi connectivity index (χ3n) is 6.61. The fourth-order valence-electron chi connectivity index (χ4n) is 4.68. The van der Waals surface area contributed by atoms with Crippen LogP contribution in [-0.4, -0.2) is 47.9 Å². The molecule has 8 heteroatoms. The number of hydrogen-bond donors (Lipinski definition) is 3. The second-order valence-corrected chi connectivity index (χ2v) is 9.46. The smallest absolute Gasteiger partial charge is 0.407 e. The van der Waals surface area contributed by atoms with Crippen LogP contribution in [0, 0.1) is 0 Å². The molecule has 4 rings (SSSR count). The summed E-state index contributed by atoms with van der Waals surface area (Å²) in [5.74, 6) is -1.78. The van der Waals surface area contributed by atoms with Crippen molar-refractivity contribution in [2.75, 3.05) is 6.61 Å². The normalized spacial score (nSPS) is 14.5. The van der Waals surface area contributed by atoms with E-state index in [1.54, 1.807) is 13.8 Å². The van der Waals surface area contributed by atoms with E-state index in [0.29, 0.717) is 0 Å². The number of alkyl carbamates (subject to hydrolysis) is 1. The van der Waals surface area contributed by atoms with E-state index >= 15 is 0 Å². The maximum atomic E-state index is 12.5. The molecule has 0 fully saturated rings. The molecule has 0 aromatic heterocycles. The molecule has 2 amide bonds. The first-order chi connectivity index (χ1) is 18.3.